The van der Waals surface area contributed by atoms with Crippen LogP contribution in [0.15, 0.2) is 18.2 Å². The molecule has 0 saturated carbocycles. The first-order valence-corrected chi connectivity index (χ1v) is 9.78. The average Bonchev–Trinajstić information content (AvgIpc) is 2.93. The molecular weight excluding hydrogens is 360 g/mol. The first-order chi connectivity index (χ1) is 13.5. The molecule has 1 aromatic rings. The molecule has 3 aliphatic heterocycles. The van der Waals surface area contributed by atoms with E-state index in [9.17, 15) is 19.2 Å². The predicted molar refractivity (Wildman–Crippen MR) is 102 cm³/mol. The molecule has 8 nitrogen and oxygen atoms in total. The molecule has 3 N–H and O–H groups in total. The van der Waals surface area contributed by atoms with Gasteiger partial charge in [0.15, 0.2) is 0 Å². The normalized spacial score (nSPS) is 24.2. The van der Waals surface area contributed by atoms with Gasteiger partial charge in [-0.25, -0.2) is 0 Å². The zero-order valence-corrected chi connectivity index (χ0v) is 15.8. The van der Waals surface area contributed by atoms with Crippen LogP contribution in [0.4, 0.5) is 5.69 Å². The van der Waals surface area contributed by atoms with Crippen molar-refractivity contribution in [3.05, 3.63) is 29.3 Å². The molecule has 0 spiro atoms. The molecule has 0 bridgehead atoms. The van der Waals surface area contributed by atoms with Crippen LogP contribution in [0.2, 0.25) is 0 Å². The second-order valence-corrected chi connectivity index (χ2v) is 7.73. The highest BCUT2D eigenvalue weighted by Gasteiger charge is 2.44. The molecule has 1 unspecified atom stereocenters. The maximum absolute atomic E-state index is 12.9. The van der Waals surface area contributed by atoms with Crippen LogP contribution in [0.5, 0.6) is 0 Å². The van der Waals surface area contributed by atoms with Gasteiger partial charge in [-0.1, -0.05) is 0 Å². The monoisotopic (exact) mass is 384 g/mol. The summed E-state index contributed by atoms with van der Waals surface area (Å²) in [5.41, 5.74) is 1.39. The average molecular weight is 384 g/mol. The van der Waals surface area contributed by atoms with Crippen molar-refractivity contribution < 1.29 is 19.2 Å². The summed E-state index contributed by atoms with van der Waals surface area (Å²) >= 11 is 0. The quantitative estimate of drug-likeness (QED) is 0.666. The van der Waals surface area contributed by atoms with Gasteiger partial charge in [0.25, 0.3) is 11.8 Å². The Labute approximate surface area is 163 Å². The van der Waals surface area contributed by atoms with Gasteiger partial charge < -0.3 is 10.6 Å². The van der Waals surface area contributed by atoms with E-state index in [1.807, 2.05) is 0 Å². The lowest BCUT2D eigenvalue weighted by molar-refractivity contribution is -0.136. The molecule has 8 heteroatoms. The zero-order valence-electron chi connectivity index (χ0n) is 15.8. The third kappa shape index (κ3) is 3.28. The summed E-state index contributed by atoms with van der Waals surface area (Å²) in [7, 11) is 0. The number of carbonyl (C=O) groups is 4. The minimum Gasteiger partial charge on any atom is -0.382 e. The van der Waals surface area contributed by atoms with Crippen molar-refractivity contribution in [3.8, 4) is 0 Å². The topological polar surface area (TPSA) is 108 Å². The van der Waals surface area contributed by atoms with Crippen LogP contribution < -0.4 is 16.0 Å². The van der Waals surface area contributed by atoms with Crippen LogP contribution in [0.25, 0.3) is 0 Å². The molecule has 0 aliphatic carbocycles. The van der Waals surface area contributed by atoms with Crippen molar-refractivity contribution in [2.24, 2.45) is 5.92 Å². The third-order valence-corrected chi connectivity index (χ3v) is 5.93. The van der Waals surface area contributed by atoms with Gasteiger partial charge in [-0.15, -0.1) is 0 Å². The SMILES string of the molecule is C[C@H](Nc1ccc2c(c1)C(=O)N(C1CCC(=O)NC1=O)C2=O)C1CCNCC1. The Morgan fingerprint density at radius 3 is 2.46 bits per heavy atom. The number of hydrogen-bond donors (Lipinski definition) is 3. The number of imide groups is 2. The Balaban J connectivity index is 1.52. The summed E-state index contributed by atoms with van der Waals surface area (Å²) in [6.07, 6.45) is 2.47. The van der Waals surface area contributed by atoms with E-state index in [2.05, 4.69) is 22.9 Å². The van der Waals surface area contributed by atoms with E-state index in [-0.39, 0.29) is 24.8 Å². The van der Waals surface area contributed by atoms with Gasteiger partial charge in [0.1, 0.15) is 6.04 Å². The van der Waals surface area contributed by atoms with Crippen LogP contribution in [0.1, 0.15) is 53.3 Å². The number of benzene rings is 1. The molecule has 3 heterocycles. The summed E-state index contributed by atoms with van der Waals surface area (Å²) < 4.78 is 0. The molecule has 2 atom stereocenters. The fourth-order valence-corrected chi connectivity index (χ4v) is 4.29. The molecule has 0 radical (unpaired) electrons. The first-order valence-electron chi connectivity index (χ1n) is 9.78. The van der Waals surface area contributed by atoms with E-state index >= 15 is 0 Å². The number of anilines is 1. The summed E-state index contributed by atoms with van der Waals surface area (Å²) in [5, 5.41) is 9.01. The van der Waals surface area contributed by atoms with Gasteiger partial charge in [0.2, 0.25) is 11.8 Å². The van der Waals surface area contributed by atoms with Gasteiger partial charge in [0.05, 0.1) is 11.1 Å². The van der Waals surface area contributed by atoms with Crippen molar-refractivity contribution in [1.29, 1.82) is 0 Å². The van der Waals surface area contributed by atoms with E-state index in [0.29, 0.717) is 17.0 Å². The Morgan fingerprint density at radius 2 is 1.75 bits per heavy atom. The molecule has 3 aliphatic rings. The van der Waals surface area contributed by atoms with Gasteiger partial charge in [-0.05, 0) is 63.4 Å². The number of carbonyl (C=O) groups excluding carboxylic acids is 4. The Hall–Kier alpha value is -2.74. The van der Waals surface area contributed by atoms with Gasteiger partial charge in [-0.3, -0.25) is 29.4 Å². The largest absolute Gasteiger partial charge is 0.382 e. The number of nitrogens with one attached hydrogen (secondary N) is 3. The summed E-state index contributed by atoms with van der Waals surface area (Å²) in [5.74, 6) is -1.38. The summed E-state index contributed by atoms with van der Waals surface area (Å²) in [6.45, 7) is 4.15. The fraction of sp³-hybridized carbons (Fsp3) is 0.500. The van der Waals surface area contributed by atoms with E-state index in [0.717, 1.165) is 36.5 Å². The van der Waals surface area contributed by atoms with Gasteiger partial charge in [-0.2, -0.15) is 0 Å². The lowest BCUT2D eigenvalue weighted by atomic mass is 9.91. The minimum absolute atomic E-state index is 0.115. The van der Waals surface area contributed by atoms with Crippen molar-refractivity contribution in [3.63, 3.8) is 0 Å². The lowest BCUT2D eigenvalue weighted by Crippen LogP contribution is -2.54. The van der Waals surface area contributed by atoms with Crippen molar-refractivity contribution in [2.75, 3.05) is 18.4 Å². The van der Waals surface area contributed by atoms with E-state index in [1.54, 1.807) is 18.2 Å². The number of amides is 4. The number of nitrogens with zero attached hydrogens (tertiary/aromatic N) is 1. The van der Waals surface area contributed by atoms with E-state index < -0.39 is 23.8 Å². The standard InChI is InChI=1S/C20H24N4O4/c1-11(12-6-8-21-9-7-12)22-13-2-3-14-15(10-13)20(28)24(19(14)27)16-4-5-17(25)23-18(16)26/h2-3,10-12,16,21-22H,4-9H2,1H3,(H,23,25,26)/t11-,16?/m0/s1. The number of piperidine rings is 2. The predicted octanol–water partition coefficient (Wildman–Crippen LogP) is 0.888. The molecule has 0 aromatic heterocycles. The number of fused-ring (bicyclic) bond motifs is 1. The molecular formula is C20H24N4O4. The maximum Gasteiger partial charge on any atom is 0.262 e. The second kappa shape index (κ2) is 7.35. The molecule has 4 amide bonds. The summed E-state index contributed by atoms with van der Waals surface area (Å²) in [4.78, 5) is 50.1. The first kappa shape index (κ1) is 18.6. The summed E-state index contributed by atoms with van der Waals surface area (Å²) in [6, 6.07) is 4.45. The smallest absolute Gasteiger partial charge is 0.262 e. The third-order valence-electron chi connectivity index (χ3n) is 5.93. The van der Waals surface area contributed by atoms with Gasteiger partial charge in [0, 0.05) is 18.2 Å². The molecule has 4 rings (SSSR count). The van der Waals surface area contributed by atoms with Crippen LogP contribution in [0.3, 0.4) is 0 Å². The van der Waals surface area contributed by atoms with E-state index in [1.165, 1.54) is 0 Å². The second-order valence-electron chi connectivity index (χ2n) is 7.73. The van der Waals surface area contributed by atoms with Crippen molar-refractivity contribution in [1.82, 2.24) is 15.5 Å². The Bertz CT molecular complexity index is 847. The maximum atomic E-state index is 12.9. The minimum atomic E-state index is -0.935. The molecule has 1 aromatic carbocycles. The Morgan fingerprint density at radius 1 is 1.04 bits per heavy atom. The lowest BCUT2D eigenvalue weighted by Gasteiger charge is -2.29. The van der Waals surface area contributed by atoms with Crippen LogP contribution in [0, 0.1) is 5.92 Å². The van der Waals surface area contributed by atoms with E-state index in [4.69, 9.17) is 0 Å². The van der Waals surface area contributed by atoms with Crippen LogP contribution >= 0.6 is 0 Å². The zero-order chi connectivity index (χ0) is 19.8. The van der Waals surface area contributed by atoms with Crippen molar-refractivity contribution in [2.45, 2.75) is 44.7 Å². The molecule has 2 saturated heterocycles. The number of hydrogen-bond acceptors (Lipinski definition) is 6. The van der Waals surface area contributed by atoms with Crippen LogP contribution in [-0.4, -0.2) is 53.7 Å². The van der Waals surface area contributed by atoms with Crippen molar-refractivity contribution >= 4 is 29.3 Å². The van der Waals surface area contributed by atoms with Gasteiger partial charge >= 0.3 is 0 Å². The highest BCUT2D eigenvalue weighted by Crippen LogP contribution is 2.30. The highest BCUT2D eigenvalue weighted by molar-refractivity contribution is 6.23. The van der Waals surface area contributed by atoms with Crippen LogP contribution in [-0.2, 0) is 9.59 Å². The fourth-order valence-electron chi connectivity index (χ4n) is 4.29. The highest BCUT2D eigenvalue weighted by atomic mass is 16.2. The Kier molecular flexibility index (Phi) is 4.89. The molecule has 148 valence electrons. The molecule has 2 fully saturated rings. The number of rotatable bonds is 4. The molecule has 28 heavy (non-hydrogen) atoms.